The van der Waals surface area contributed by atoms with E-state index < -0.39 is 5.60 Å². The van der Waals surface area contributed by atoms with Crippen molar-refractivity contribution in [1.82, 2.24) is 10.6 Å². The van der Waals surface area contributed by atoms with Gasteiger partial charge in [-0.25, -0.2) is 4.79 Å². The number of alkyl carbamates (subject to hydrolysis) is 1. The van der Waals surface area contributed by atoms with Crippen molar-refractivity contribution in [2.75, 3.05) is 13.1 Å². The fourth-order valence-corrected chi connectivity index (χ4v) is 1.90. The average Bonchev–Trinajstić information content (AvgIpc) is 2.34. The molecule has 0 aromatic rings. The largest absolute Gasteiger partial charge is 0.444 e. The van der Waals surface area contributed by atoms with E-state index >= 15 is 0 Å². The highest BCUT2D eigenvalue weighted by molar-refractivity contribution is 5.67. The van der Waals surface area contributed by atoms with E-state index in [1.54, 1.807) is 0 Å². The Morgan fingerprint density at radius 3 is 2.33 bits per heavy atom. The van der Waals surface area contributed by atoms with Crippen LogP contribution in [0.2, 0.25) is 0 Å². The Hall–Kier alpha value is -1.21. The maximum Gasteiger partial charge on any atom is 0.407 e. The van der Waals surface area contributed by atoms with Gasteiger partial charge in [0, 0.05) is 13.1 Å². The second-order valence-electron chi connectivity index (χ2n) is 6.80. The van der Waals surface area contributed by atoms with Gasteiger partial charge in [0.05, 0.1) is 6.04 Å². The quantitative estimate of drug-likeness (QED) is 0.676. The van der Waals surface area contributed by atoms with Gasteiger partial charge in [0.2, 0.25) is 0 Å². The summed E-state index contributed by atoms with van der Waals surface area (Å²) in [5.74, 6) is 3.55. The first-order valence-corrected chi connectivity index (χ1v) is 7.86. The van der Waals surface area contributed by atoms with Gasteiger partial charge in [-0.05, 0) is 39.0 Å². The highest BCUT2D eigenvalue weighted by Crippen LogP contribution is 2.11. The summed E-state index contributed by atoms with van der Waals surface area (Å²) in [6, 6.07) is 0.109. The number of hydrogen-bond donors (Lipinski definition) is 2. The zero-order valence-corrected chi connectivity index (χ0v) is 14.5. The summed E-state index contributed by atoms with van der Waals surface area (Å²) in [6.45, 7) is 13.4. The first kappa shape index (κ1) is 19.8. The molecule has 0 saturated heterocycles. The number of amides is 1. The molecule has 0 radical (unpaired) electrons. The Balaban J connectivity index is 4.26. The maximum atomic E-state index is 11.7. The zero-order valence-electron chi connectivity index (χ0n) is 14.5. The van der Waals surface area contributed by atoms with Crippen LogP contribution in [0.3, 0.4) is 0 Å². The van der Waals surface area contributed by atoms with Gasteiger partial charge >= 0.3 is 6.09 Å². The minimum atomic E-state index is -0.467. The minimum Gasteiger partial charge on any atom is -0.444 e. The Morgan fingerprint density at radius 2 is 1.90 bits per heavy atom. The smallest absolute Gasteiger partial charge is 0.407 e. The van der Waals surface area contributed by atoms with Gasteiger partial charge < -0.3 is 15.4 Å². The van der Waals surface area contributed by atoms with E-state index in [1.165, 1.54) is 0 Å². The van der Waals surface area contributed by atoms with Crippen LogP contribution in [0, 0.1) is 24.2 Å². The third-order valence-corrected chi connectivity index (χ3v) is 3.26. The summed E-state index contributed by atoms with van der Waals surface area (Å²) in [5, 5.41) is 6.24. The predicted octanol–water partition coefficient (Wildman–Crippen LogP) is 3.17. The van der Waals surface area contributed by atoms with E-state index in [1.807, 2.05) is 20.8 Å². The maximum absolute atomic E-state index is 11.7. The second kappa shape index (κ2) is 9.68. The molecule has 0 aromatic carbocycles. The number of carbonyl (C=O) groups is 1. The Labute approximate surface area is 130 Å². The van der Waals surface area contributed by atoms with Crippen LogP contribution in [0.15, 0.2) is 0 Å². The third kappa shape index (κ3) is 10.2. The number of terminal acetylenes is 1. The van der Waals surface area contributed by atoms with Crippen molar-refractivity contribution in [2.24, 2.45) is 11.8 Å². The number of nitrogens with one attached hydrogen (secondary N) is 2. The lowest BCUT2D eigenvalue weighted by Gasteiger charge is -2.25. The van der Waals surface area contributed by atoms with Crippen LogP contribution in [0.4, 0.5) is 4.79 Å². The monoisotopic (exact) mass is 296 g/mol. The van der Waals surface area contributed by atoms with Gasteiger partial charge in [-0.1, -0.05) is 33.1 Å². The first-order chi connectivity index (χ1) is 9.69. The van der Waals surface area contributed by atoms with Crippen molar-refractivity contribution in [1.29, 1.82) is 0 Å². The molecule has 2 N–H and O–H groups in total. The van der Waals surface area contributed by atoms with Crippen LogP contribution < -0.4 is 10.6 Å². The van der Waals surface area contributed by atoms with E-state index in [0.29, 0.717) is 18.4 Å². The standard InChI is InChI=1S/C17H32N2O2/c1-8-10-15(9-2)18-11-14(13(3)4)12-19-16(20)21-17(5,6)7/h2,13-15,18H,8,10-12H2,1,3-7H3,(H,19,20). The fourth-order valence-electron chi connectivity index (χ4n) is 1.90. The SMILES string of the molecule is C#CC(CCC)NCC(CNC(=O)OC(C)(C)C)C(C)C. The van der Waals surface area contributed by atoms with E-state index in [2.05, 4.69) is 37.3 Å². The van der Waals surface area contributed by atoms with Gasteiger partial charge in [0.1, 0.15) is 5.60 Å². The highest BCUT2D eigenvalue weighted by Gasteiger charge is 2.19. The van der Waals surface area contributed by atoms with Crippen LogP contribution in [0.5, 0.6) is 0 Å². The summed E-state index contributed by atoms with van der Waals surface area (Å²) < 4.78 is 5.25. The molecule has 2 atom stereocenters. The van der Waals surface area contributed by atoms with Crippen LogP contribution in [-0.2, 0) is 4.74 Å². The molecule has 0 rings (SSSR count). The van der Waals surface area contributed by atoms with Gasteiger partial charge in [-0.15, -0.1) is 6.42 Å². The van der Waals surface area contributed by atoms with Crippen LogP contribution >= 0.6 is 0 Å². The van der Waals surface area contributed by atoms with Crippen LogP contribution in [-0.4, -0.2) is 30.8 Å². The molecule has 0 aliphatic rings. The fraction of sp³-hybridized carbons (Fsp3) is 0.824. The molecule has 21 heavy (non-hydrogen) atoms. The van der Waals surface area contributed by atoms with Crippen molar-refractivity contribution in [3.63, 3.8) is 0 Å². The number of hydrogen-bond acceptors (Lipinski definition) is 3. The molecule has 4 nitrogen and oxygen atoms in total. The number of rotatable bonds is 8. The molecule has 2 unspecified atom stereocenters. The molecule has 0 aliphatic heterocycles. The summed E-state index contributed by atoms with van der Waals surface area (Å²) in [6.07, 6.45) is 7.18. The summed E-state index contributed by atoms with van der Waals surface area (Å²) in [4.78, 5) is 11.7. The predicted molar refractivity (Wildman–Crippen MR) is 88.1 cm³/mol. The van der Waals surface area contributed by atoms with E-state index in [4.69, 9.17) is 11.2 Å². The third-order valence-electron chi connectivity index (χ3n) is 3.26. The average molecular weight is 296 g/mol. The van der Waals surface area contributed by atoms with Gasteiger partial charge in [0.15, 0.2) is 0 Å². The number of carbonyl (C=O) groups excluding carboxylic acids is 1. The van der Waals surface area contributed by atoms with Crippen molar-refractivity contribution >= 4 is 6.09 Å². The Kier molecular flexibility index (Phi) is 9.12. The van der Waals surface area contributed by atoms with Gasteiger partial charge in [-0.3, -0.25) is 0 Å². The van der Waals surface area contributed by atoms with Crippen molar-refractivity contribution in [3.8, 4) is 12.3 Å². The zero-order chi connectivity index (χ0) is 16.5. The Morgan fingerprint density at radius 1 is 1.29 bits per heavy atom. The normalized spacial score (nSPS) is 14.4. The molecule has 4 heteroatoms. The lowest BCUT2D eigenvalue weighted by Crippen LogP contribution is -2.41. The molecule has 122 valence electrons. The van der Waals surface area contributed by atoms with Crippen molar-refractivity contribution in [3.05, 3.63) is 0 Å². The molecule has 1 amide bonds. The number of ether oxygens (including phenoxy) is 1. The highest BCUT2D eigenvalue weighted by atomic mass is 16.6. The summed E-state index contributed by atoms with van der Waals surface area (Å²) >= 11 is 0. The molecule has 0 fully saturated rings. The van der Waals surface area contributed by atoms with Crippen molar-refractivity contribution in [2.45, 2.75) is 66.0 Å². The van der Waals surface area contributed by atoms with Crippen LogP contribution in [0.1, 0.15) is 54.4 Å². The van der Waals surface area contributed by atoms with Crippen LogP contribution in [0.25, 0.3) is 0 Å². The molecule has 0 aromatic heterocycles. The molecule has 0 heterocycles. The Bertz CT molecular complexity index is 340. The summed E-state index contributed by atoms with van der Waals surface area (Å²) in [5.41, 5.74) is -0.467. The lowest BCUT2D eigenvalue weighted by molar-refractivity contribution is 0.0514. The van der Waals surface area contributed by atoms with E-state index in [-0.39, 0.29) is 12.1 Å². The molecular weight excluding hydrogens is 264 g/mol. The molecule has 0 saturated carbocycles. The second-order valence-corrected chi connectivity index (χ2v) is 6.80. The molecule has 0 bridgehead atoms. The first-order valence-electron chi connectivity index (χ1n) is 7.86. The summed E-state index contributed by atoms with van der Waals surface area (Å²) in [7, 11) is 0. The van der Waals surface area contributed by atoms with E-state index in [9.17, 15) is 4.79 Å². The van der Waals surface area contributed by atoms with E-state index in [0.717, 1.165) is 19.4 Å². The topological polar surface area (TPSA) is 50.4 Å². The molecular formula is C17H32N2O2. The molecule has 0 aliphatic carbocycles. The van der Waals surface area contributed by atoms with Gasteiger partial charge in [0.25, 0.3) is 0 Å². The van der Waals surface area contributed by atoms with Crippen molar-refractivity contribution < 1.29 is 9.53 Å². The van der Waals surface area contributed by atoms with Gasteiger partial charge in [-0.2, -0.15) is 0 Å². The molecule has 0 spiro atoms. The lowest BCUT2D eigenvalue weighted by atomic mass is 9.95. The minimum absolute atomic E-state index is 0.109.